The fourth-order valence-electron chi connectivity index (χ4n) is 1.59. The molecule has 0 spiro atoms. The summed E-state index contributed by atoms with van der Waals surface area (Å²) in [5.74, 6) is 0.0912. The Morgan fingerprint density at radius 3 is 2.56 bits per heavy atom. The molecule has 2 N–H and O–H groups in total. The molecule has 0 radical (unpaired) electrons. The molecule has 18 heavy (non-hydrogen) atoms. The zero-order chi connectivity index (χ0) is 13.8. The summed E-state index contributed by atoms with van der Waals surface area (Å²) in [6, 6.07) is 7.56. The van der Waals surface area contributed by atoms with Gasteiger partial charge >= 0.3 is 0 Å². The zero-order valence-corrected chi connectivity index (χ0v) is 12.0. The minimum Gasteiger partial charge on any atom is -0.341 e. The van der Waals surface area contributed by atoms with Crippen molar-refractivity contribution in [3.05, 3.63) is 34.9 Å². The monoisotopic (exact) mass is 268 g/mol. The van der Waals surface area contributed by atoms with Gasteiger partial charge in [0.15, 0.2) is 0 Å². The Morgan fingerprint density at radius 1 is 1.39 bits per heavy atom. The number of carbonyl (C=O) groups is 1. The molecule has 100 valence electrons. The Morgan fingerprint density at radius 2 is 2.00 bits per heavy atom. The predicted octanol–water partition coefficient (Wildman–Crippen LogP) is 2.82. The highest BCUT2D eigenvalue weighted by molar-refractivity contribution is 6.31. The van der Waals surface area contributed by atoms with Gasteiger partial charge in [0.25, 0.3) is 0 Å². The average Bonchev–Trinajstić information content (AvgIpc) is 2.28. The number of nitrogens with two attached hydrogens (primary N) is 1. The summed E-state index contributed by atoms with van der Waals surface area (Å²) in [6.07, 6.45) is 1.14. The van der Waals surface area contributed by atoms with Gasteiger partial charge in [-0.25, -0.2) is 0 Å². The van der Waals surface area contributed by atoms with Gasteiger partial charge in [-0.05, 0) is 31.9 Å². The standard InChI is InChI=1S/C14H21ClN2O/c1-14(2,16)9-8-13(18)17(3)10-11-6-4-5-7-12(11)15/h4-7H,8-10,16H2,1-3H3. The van der Waals surface area contributed by atoms with Crippen LogP contribution in [0.3, 0.4) is 0 Å². The quantitative estimate of drug-likeness (QED) is 0.893. The van der Waals surface area contributed by atoms with Gasteiger partial charge in [-0.2, -0.15) is 0 Å². The first kappa shape index (κ1) is 15.0. The molecule has 0 aromatic heterocycles. The fourth-order valence-corrected chi connectivity index (χ4v) is 1.79. The van der Waals surface area contributed by atoms with Crippen molar-refractivity contribution in [1.29, 1.82) is 0 Å². The van der Waals surface area contributed by atoms with Crippen LogP contribution in [0.2, 0.25) is 5.02 Å². The van der Waals surface area contributed by atoms with Crippen LogP contribution >= 0.6 is 11.6 Å². The topological polar surface area (TPSA) is 46.3 Å². The molecule has 0 fully saturated rings. The van der Waals surface area contributed by atoms with E-state index in [0.717, 1.165) is 5.56 Å². The molecule has 0 aliphatic carbocycles. The van der Waals surface area contributed by atoms with E-state index in [1.165, 1.54) is 0 Å². The molecular formula is C14H21ClN2O. The van der Waals surface area contributed by atoms with Crippen molar-refractivity contribution in [3.8, 4) is 0 Å². The highest BCUT2D eigenvalue weighted by Gasteiger charge is 2.16. The summed E-state index contributed by atoms with van der Waals surface area (Å²) in [6.45, 7) is 4.38. The van der Waals surface area contributed by atoms with Crippen LogP contribution < -0.4 is 5.73 Å². The molecular weight excluding hydrogens is 248 g/mol. The zero-order valence-electron chi connectivity index (χ0n) is 11.2. The number of nitrogens with zero attached hydrogens (tertiary/aromatic N) is 1. The first-order valence-electron chi connectivity index (χ1n) is 6.06. The third-order valence-corrected chi connectivity index (χ3v) is 3.14. The normalized spacial score (nSPS) is 11.4. The van der Waals surface area contributed by atoms with Crippen molar-refractivity contribution in [3.63, 3.8) is 0 Å². The summed E-state index contributed by atoms with van der Waals surface area (Å²) >= 11 is 6.06. The van der Waals surface area contributed by atoms with Crippen LogP contribution in [0.25, 0.3) is 0 Å². The Bertz CT molecular complexity index is 413. The largest absolute Gasteiger partial charge is 0.341 e. The first-order valence-corrected chi connectivity index (χ1v) is 6.43. The number of hydrogen-bond acceptors (Lipinski definition) is 2. The van der Waals surface area contributed by atoms with Crippen molar-refractivity contribution in [2.75, 3.05) is 7.05 Å². The summed E-state index contributed by atoms with van der Waals surface area (Å²) in [7, 11) is 1.79. The molecule has 1 rings (SSSR count). The second-order valence-corrected chi connectivity index (χ2v) is 5.74. The van der Waals surface area contributed by atoms with Crippen LogP contribution in [0.15, 0.2) is 24.3 Å². The van der Waals surface area contributed by atoms with Gasteiger partial charge in [-0.15, -0.1) is 0 Å². The molecule has 0 aliphatic heterocycles. The lowest BCUT2D eigenvalue weighted by Crippen LogP contribution is -2.34. The number of amides is 1. The number of carbonyl (C=O) groups excluding carboxylic acids is 1. The maximum atomic E-state index is 11.9. The average molecular weight is 269 g/mol. The highest BCUT2D eigenvalue weighted by atomic mass is 35.5. The summed E-state index contributed by atoms with van der Waals surface area (Å²) in [5, 5.41) is 0.691. The minimum absolute atomic E-state index is 0.0912. The maximum absolute atomic E-state index is 11.9. The van der Waals surface area contributed by atoms with Gasteiger partial charge in [0.1, 0.15) is 0 Å². The van der Waals surface area contributed by atoms with Gasteiger partial charge in [0.2, 0.25) is 5.91 Å². The molecule has 0 saturated heterocycles. The van der Waals surface area contributed by atoms with Gasteiger partial charge in [0.05, 0.1) is 0 Å². The van der Waals surface area contributed by atoms with Gasteiger partial charge in [-0.3, -0.25) is 4.79 Å². The Hall–Kier alpha value is -1.06. The summed E-state index contributed by atoms with van der Waals surface area (Å²) in [5.41, 5.74) is 6.52. The van der Waals surface area contributed by atoms with E-state index in [4.69, 9.17) is 17.3 Å². The maximum Gasteiger partial charge on any atom is 0.222 e. The lowest BCUT2D eigenvalue weighted by molar-refractivity contribution is -0.130. The van der Waals surface area contributed by atoms with Gasteiger partial charge in [0, 0.05) is 30.6 Å². The second kappa shape index (κ2) is 6.21. The van der Waals surface area contributed by atoms with Crippen molar-refractivity contribution < 1.29 is 4.79 Å². The lowest BCUT2D eigenvalue weighted by Gasteiger charge is -2.22. The first-order chi connectivity index (χ1) is 8.29. The van der Waals surface area contributed by atoms with Crippen LogP contribution in [0.1, 0.15) is 32.3 Å². The van der Waals surface area contributed by atoms with E-state index in [9.17, 15) is 4.79 Å². The Kier molecular flexibility index (Phi) is 5.17. The molecule has 0 bridgehead atoms. The lowest BCUT2D eigenvalue weighted by atomic mass is 10.00. The van der Waals surface area contributed by atoms with E-state index in [1.54, 1.807) is 11.9 Å². The molecule has 3 nitrogen and oxygen atoms in total. The third-order valence-electron chi connectivity index (χ3n) is 2.77. The molecule has 1 aromatic rings. The van der Waals surface area contributed by atoms with Crippen LogP contribution in [-0.2, 0) is 11.3 Å². The SMILES string of the molecule is CN(Cc1ccccc1Cl)C(=O)CCC(C)(C)N. The van der Waals surface area contributed by atoms with Gasteiger partial charge < -0.3 is 10.6 Å². The van der Waals surface area contributed by atoms with Crippen LogP contribution in [0, 0.1) is 0 Å². The Labute approximate surface area is 114 Å². The van der Waals surface area contributed by atoms with E-state index in [1.807, 2.05) is 38.1 Å². The van der Waals surface area contributed by atoms with Crippen LogP contribution in [0.4, 0.5) is 0 Å². The van der Waals surface area contributed by atoms with Crippen molar-refractivity contribution in [2.45, 2.75) is 38.8 Å². The molecule has 0 unspecified atom stereocenters. The van der Waals surface area contributed by atoms with Crippen molar-refractivity contribution in [1.82, 2.24) is 4.90 Å². The second-order valence-electron chi connectivity index (χ2n) is 5.33. The molecule has 0 aliphatic rings. The fraction of sp³-hybridized carbons (Fsp3) is 0.500. The van der Waals surface area contributed by atoms with E-state index < -0.39 is 0 Å². The number of benzene rings is 1. The predicted molar refractivity (Wildman–Crippen MR) is 75.4 cm³/mol. The van der Waals surface area contributed by atoms with E-state index in [2.05, 4.69) is 0 Å². The molecule has 0 atom stereocenters. The number of halogens is 1. The molecule has 1 amide bonds. The number of rotatable bonds is 5. The molecule has 1 aromatic carbocycles. The van der Waals surface area contributed by atoms with Crippen molar-refractivity contribution >= 4 is 17.5 Å². The molecule has 4 heteroatoms. The minimum atomic E-state index is -0.305. The molecule has 0 heterocycles. The van der Waals surface area contributed by atoms with Crippen LogP contribution in [-0.4, -0.2) is 23.4 Å². The van der Waals surface area contributed by atoms with E-state index >= 15 is 0 Å². The smallest absolute Gasteiger partial charge is 0.222 e. The third kappa shape index (κ3) is 5.07. The Balaban J connectivity index is 2.53. The highest BCUT2D eigenvalue weighted by Crippen LogP contribution is 2.17. The van der Waals surface area contributed by atoms with E-state index in [0.29, 0.717) is 24.4 Å². The summed E-state index contributed by atoms with van der Waals surface area (Å²) in [4.78, 5) is 13.6. The summed E-state index contributed by atoms with van der Waals surface area (Å²) < 4.78 is 0. The van der Waals surface area contributed by atoms with Crippen molar-refractivity contribution in [2.24, 2.45) is 5.73 Å². The van der Waals surface area contributed by atoms with Gasteiger partial charge in [-0.1, -0.05) is 29.8 Å². The molecule has 0 saturated carbocycles. The van der Waals surface area contributed by atoms with E-state index in [-0.39, 0.29) is 11.4 Å². The van der Waals surface area contributed by atoms with Crippen LogP contribution in [0.5, 0.6) is 0 Å². The number of hydrogen-bond donors (Lipinski definition) is 1.